The van der Waals surface area contributed by atoms with Gasteiger partial charge in [-0.05, 0) is 31.2 Å². The van der Waals surface area contributed by atoms with Gasteiger partial charge in [-0.25, -0.2) is 4.39 Å². The number of piperazine rings is 1. The number of rotatable bonds is 4. The molecule has 1 fully saturated rings. The number of anilines is 2. The number of halogens is 1. The van der Waals surface area contributed by atoms with Crippen molar-refractivity contribution in [3.8, 4) is 0 Å². The molecule has 1 saturated heterocycles. The molecule has 0 bridgehead atoms. The molecular formula is C15H18FN5OS. The van der Waals surface area contributed by atoms with Gasteiger partial charge in [0.05, 0.1) is 6.04 Å². The molecular weight excluding hydrogens is 317 g/mol. The highest BCUT2D eigenvalue weighted by Crippen LogP contribution is 2.18. The Balaban J connectivity index is 1.53. The van der Waals surface area contributed by atoms with E-state index in [4.69, 9.17) is 0 Å². The molecule has 1 atom stereocenters. The van der Waals surface area contributed by atoms with Crippen molar-refractivity contribution in [1.29, 1.82) is 0 Å². The largest absolute Gasteiger partial charge is 0.369 e. The minimum absolute atomic E-state index is 0.0722. The minimum Gasteiger partial charge on any atom is -0.369 e. The lowest BCUT2D eigenvalue weighted by molar-refractivity contribution is -0.120. The van der Waals surface area contributed by atoms with Crippen LogP contribution in [0.3, 0.4) is 0 Å². The Morgan fingerprint density at radius 1 is 1.26 bits per heavy atom. The normalized spacial score (nSPS) is 17.0. The number of benzene rings is 1. The minimum atomic E-state index is -0.228. The summed E-state index contributed by atoms with van der Waals surface area (Å²) in [6.07, 6.45) is 0. The van der Waals surface area contributed by atoms with Crippen LogP contribution in [-0.4, -0.2) is 53.2 Å². The van der Waals surface area contributed by atoms with Crippen LogP contribution < -0.4 is 10.2 Å². The number of carbonyl (C=O) groups is 1. The summed E-state index contributed by atoms with van der Waals surface area (Å²) in [5, 5.41) is 10.8. The van der Waals surface area contributed by atoms with Gasteiger partial charge in [0.2, 0.25) is 11.0 Å². The van der Waals surface area contributed by atoms with E-state index in [9.17, 15) is 9.18 Å². The molecule has 0 saturated carbocycles. The molecule has 0 spiro atoms. The summed E-state index contributed by atoms with van der Waals surface area (Å²) in [5.74, 6) is -0.300. The number of amides is 1. The molecule has 2 aromatic rings. The van der Waals surface area contributed by atoms with Gasteiger partial charge >= 0.3 is 0 Å². The van der Waals surface area contributed by atoms with Crippen LogP contribution in [0.25, 0.3) is 0 Å². The van der Waals surface area contributed by atoms with Crippen LogP contribution in [0.2, 0.25) is 0 Å². The van der Waals surface area contributed by atoms with E-state index in [1.165, 1.54) is 23.5 Å². The smallest absolute Gasteiger partial charge is 0.243 e. The van der Waals surface area contributed by atoms with Crippen molar-refractivity contribution < 1.29 is 9.18 Å². The number of carbonyl (C=O) groups excluding carboxylic acids is 1. The van der Waals surface area contributed by atoms with Crippen molar-refractivity contribution in [3.63, 3.8) is 0 Å². The Labute approximate surface area is 137 Å². The SMILES string of the molecule is C[C@@H](C(=O)Nc1nncs1)N1CCN(c2ccc(F)cc2)CC1. The van der Waals surface area contributed by atoms with Crippen LogP contribution in [0.15, 0.2) is 29.8 Å². The first-order valence-corrected chi connectivity index (χ1v) is 8.33. The van der Waals surface area contributed by atoms with Crippen LogP contribution in [0, 0.1) is 5.82 Å². The zero-order chi connectivity index (χ0) is 16.2. The van der Waals surface area contributed by atoms with Gasteiger partial charge in [0.15, 0.2) is 0 Å². The number of hydrogen-bond acceptors (Lipinski definition) is 6. The first-order chi connectivity index (χ1) is 11.1. The Hall–Kier alpha value is -2.06. The van der Waals surface area contributed by atoms with E-state index in [1.807, 2.05) is 6.92 Å². The number of aromatic nitrogens is 2. The molecule has 2 heterocycles. The van der Waals surface area contributed by atoms with Crippen molar-refractivity contribution in [2.45, 2.75) is 13.0 Å². The second kappa shape index (κ2) is 7.01. The zero-order valence-electron chi connectivity index (χ0n) is 12.8. The fraction of sp³-hybridized carbons (Fsp3) is 0.400. The second-order valence-corrected chi connectivity index (χ2v) is 6.24. The highest BCUT2D eigenvalue weighted by atomic mass is 32.1. The van der Waals surface area contributed by atoms with Gasteiger partial charge in [-0.1, -0.05) is 11.3 Å². The molecule has 8 heteroatoms. The van der Waals surface area contributed by atoms with E-state index in [0.29, 0.717) is 5.13 Å². The number of hydrogen-bond donors (Lipinski definition) is 1. The summed E-state index contributed by atoms with van der Waals surface area (Å²) < 4.78 is 13.0. The molecule has 1 aromatic carbocycles. The molecule has 122 valence electrons. The van der Waals surface area contributed by atoms with Gasteiger partial charge in [-0.2, -0.15) is 0 Å². The summed E-state index contributed by atoms with van der Waals surface area (Å²) in [6, 6.07) is 6.29. The summed E-state index contributed by atoms with van der Waals surface area (Å²) in [4.78, 5) is 16.6. The Bertz CT molecular complexity index is 640. The molecule has 6 nitrogen and oxygen atoms in total. The van der Waals surface area contributed by atoms with Crippen molar-refractivity contribution in [2.24, 2.45) is 0 Å². The van der Waals surface area contributed by atoms with Gasteiger partial charge in [0, 0.05) is 31.9 Å². The quantitative estimate of drug-likeness (QED) is 0.924. The predicted molar refractivity (Wildman–Crippen MR) is 88.2 cm³/mol. The van der Waals surface area contributed by atoms with E-state index < -0.39 is 0 Å². The zero-order valence-corrected chi connectivity index (χ0v) is 13.6. The lowest BCUT2D eigenvalue weighted by Crippen LogP contribution is -2.52. The summed E-state index contributed by atoms with van der Waals surface area (Å²) in [6.45, 7) is 5.07. The predicted octanol–water partition coefficient (Wildman–Crippen LogP) is 1.83. The summed E-state index contributed by atoms with van der Waals surface area (Å²) in [7, 11) is 0. The van der Waals surface area contributed by atoms with Crippen LogP contribution in [-0.2, 0) is 4.79 Å². The van der Waals surface area contributed by atoms with Crippen LogP contribution in [0.4, 0.5) is 15.2 Å². The fourth-order valence-corrected chi connectivity index (χ4v) is 3.07. The molecule has 0 unspecified atom stereocenters. The maximum absolute atomic E-state index is 13.0. The third-order valence-corrected chi connectivity index (χ3v) is 4.63. The van der Waals surface area contributed by atoms with E-state index >= 15 is 0 Å². The number of nitrogens with zero attached hydrogens (tertiary/aromatic N) is 4. The summed E-state index contributed by atoms with van der Waals surface area (Å²) >= 11 is 1.30. The van der Waals surface area contributed by atoms with Crippen molar-refractivity contribution >= 4 is 28.1 Å². The second-order valence-electron chi connectivity index (χ2n) is 5.41. The third kappa shape index (κ3) is 3.83. The highest BCUT2D eigenvalue weighted by Gasteiger charge is 2.26. The van der Waals surface area contributed by atoms with Crippen molar-refractivity contribution in [2.75, 3.05) is 36.4 Å². The topological polar surface area (TPSA) is 61.4 Å². The van der Waals surface area contributed by atoms with Crippen LogP contribution >= 0.6 is 11.3 Å². The van der Waals surface area contributed by atoms with E-state index in [0.717, 1.165) is 31.9 Å². The first-order valence-electron chi connectivity index (χ1n) is 7.45. The van der Waals surface area contributed by atoms with Gasteiger partial charge in [-0.15, -0.1) is 10.2 Å². The van der Waals surface area contributed by atoms with Gasteiger partial charge in [-0.3, -0.25) is 15.0 Å². The molecule has 0 radical (unpaired) electrons. The molecule has 1 aliphatic heterocycles. The molecule has 1 N–H and O–H groups in total. The fourth-order valence-electron chi connectivity index (χ4n) is 2.62. The lowest BCUT2D eigenvalue weighted by atomic mass is 10.2. The standard InChI is InChI=1S/C15H18FN5OS/c1-11(14(22)18-15-19-17-10-23-15)20-6-8-21(9-7-20)13-4-2-12(16)3-5-13/h2-5,10-11H,6-9H2,1H3,(H,18,19,22)/t11-/m0/s1. The van der Waals surface area contributed by atoms with Crippen molar-refractivity contribution in [1.82, 2.24) is 15.1 Å². The average molecular weight is 335 g/mol. The third-order valence-electron chi connectivity index (χ3n) is 4.02. The van der Waals surface area contributed by atoms with Gasteiger partial charge in [0.1, 0.15) is 11.3 Å². The molecule has 3 rings (SSSR count). The Morgan fingerprint density at radius 3 is 2.57 bits per heavy atom. The Kier molecular flexibility index (Phi) is 4.82. The van der Waals surface area contributed by atoms with E-state index in [1.54, 1.807) is 17.6 Å². The highest BCUT2D eigenvalue weighted by molar-refractivity contribution is 7.13. The molecule has 23 heavy (non-hydrogen) atoms. The van der Waals surface area contributed by atoms with Crippen LogP contribution in [0.1, 0.15) is 6.92 Å². The van der Waals surface area contributed by atoms with Gasteiger partial charge < -0.3 is 4.90 Å². The van der Waals surface area contributed by atoms with Crippen molar-refractivity contribution in [3.05, 3.63) is 35.6 Å². The maximum atomic E-state index is 13.0. The molecule has 1 aromatic heterocycles. The monoisotopic (exact) mass is 335 g/mol. The average Bonchev–Trinajstić information content (AvgIpc) is 3.08. The molecule has 1 amide bonds. The lowest BCUT2D eigenvalue weighted by Gasteiger charge is -2.38. The molecule has 1 aliphatic rings. The first kappa shape index (κ1) is 15.8. The number of nitrogens with one attached hydrogen (secondary N) is 1. The van der Waals surface area contributed by atoms with Gasteiger partial charge in [0.25, 0.3) is 0 Å². The maximum Gasteiger partial charge on any atom is 0.243 e. The Morgan fingerprint density at radius 2 is 1.96 bits per heavy atom. The van der Waals surface area contributed by atoms with E-state index in [-0.39, 0.29) is 17.8 Å². The summed E-state index contributed by atoms with van der Waals surface area (Å²) in [5.41, 5.74) is 2.60. The van der Waals surface area contributed by atoms with Crippen LogP contribution in [0.5, 0.6) is 0 Å². The molecule has 0 aliphatic carbocycles. The van der Waals surface area contributed by atoms with E-state index in [2.05, 4.69) is 25.3 Å².